The number of likely N-dealkylation sites (tertiary alicyclic amines) is 1. The average Bonchev–Trinajstić information content (AvgIpc) is 2.08. The molecule has 0 aromatic heterocycles. The lowest BCUT2D eigenvalue weighted by molar-refractivity contribution is 0.159. The molecule has 1 unspecified atom stereocenters. The fourth-order valence-corrected chi connectivity index (χ4v) is 1.62. The normalized spacial score (nSPS) is 24.9. The first-order valence-electron chi connectivity index (χ1n) is 5.23. The Bertz CT molecular complexity index is 104. The molecule has 0 amide bonds. The Balaban J connectivity index is 0.000000561. The van der Waals surface area contributed by atoms with Crippen LogP contribution in [-0.2, 0) is 0 Å². The summed E-state index contributed by atoms with van der Waals surface area (Å²) in [6.45, 7) is 9.62. The minimum absolute atomic E-state index is 0.328. The summed E-state index contributed by atoms with van der Waals surface area (Å²) in [6, 6.07) is 0.621. The number of piperidine rings is 1. The lowest BCUT2D eigenvalue weighted by atomic mass is 9.85. The van der Waals surface area contributed by atoms with E-state index < -0.39 is 0 Å². The molecule has 0 saturated carbocycles. The lowest BCUT2D eigenvalue weighted by Gasteiger charge is -2.36. The molecule has 0 aromatic carbocycles. The second kappa shape index (κ2) is 6.53. The van der Waals surface area contributed by atoms with Gasteiger partial charge in [-0.3, -0.25) is 0 Å². The van der Waals surface area contributed by atoms with Gasteiger partial charge in [-0.2, -0.15) is 0 Å². The Labute approximate surface area is 78.9 Å². The first-order chi connectivity index (χ1) is 5.72. The molecule has 70 valence electrons. The molecule has 1 fully saturated rings. The van der Waals surface area contributed by atoms with Crippen LogP contribution in [-0.4, -0.2) is 31.3 Å². The lowest BCUT2D eigenvalue weighted by Crippen LogP contribution is -2.44. The third-order valence-corrected chi connectivity index (χ3v) is 2.26. The summed E-state index contributed by atoms with van der Waals surface area (Å²) < 4.78 is 0. The molecule has 0 aromatic rings. The van der Waals surface area contributed by atoms with Crippen LogP contribution in [0.3, 0.4) is 0 Å². The van der Waals surface area contributed by atoms with E-state index in [2.05, 4.69) is 18.7 Å². The van der Waals surface area contributed by atoms with Gasteiger partial charge in [-0.1, -0.05) is 20.3 Å². The smallest absolute Gasteiger partial charge is 0.0910 e. The van der Waals surface area contributed by atoms with Crippen molar-refractivity contribution in [2.75, 3.05) is 6.54 Å². The summed E-state index contributed by atoms with van der Waals surface area (Å²) in [4.78, 5) is 2.38. The molecule has 0 aliphatic carbocycles. The predicted molar refractivity (Wildman–Crippen MR) is 56.6 cm³/mol. The topological polar surface area (TPSA) is 3.24 Å². The Morgan fingerprint density at radius 1 is 1.25 bits per heavy atom. The number of rotatable bonds is 1. The van der Waals surface area contributed by atoms with E-state index in [1.807, 2.05) is 13.8 Å². The van der Waals surface area contributed by atoms with E-state index in [1.165, 1.54) is 25.8 Å². The van der Waals surface area contributed by atoms with Gasteiger partial charge in [-0.05, 0) is 39.2 Å². The van der Waals surface area contributed by atoms with Crippen LogP contribution >= 0.6 is 0 Å². The van der Waals surface area contributed by atoms with Gasteiger partial charge >= 0.3 is 0 Å². The van der Waals surface area contributed by atoms with Gasteiger partial charge in [0.15, 0.2) is 0 Å². The van der Waals surface area contributed by atoms with Gasteiger partial charge in [0.25, 0.3) is 0 Å². The maximum Gasteiger partial charge on any atom is 0.0910 e. The highest BCUT2D eigenvalue weighted by Crippen LogP contribution is 2.16. The first kappa shape index (κ1) is 12.0. The van der Waals surface area contributed by atoms with Crippen LogP contribution in [0.5, 0.6) is 0 Å². The van der Waals surface area contributed by atoms with Gasteiger partial charge in [0.2, 0.25) is 0 Å². The Morgan fingerprint density at radius 3 is 2.17 bits per heavy atom. The number of nitrogens with zero attached hydrogens (tertiary/aromatic N) is 1. The van der Waals surface area contributed by atoms with Gasteiger partial charge in [0.05, 0.1) is 7.85 Å². The molecule has 1 aliphatic heterocycles. The first-order valence-corrected chi connectivity index (χ1v) is 5.23. The van der Waals surface area contributed by atoms with Crippen molar-refractivity contribution < 1.29 is 0 Å². The maximum absolute atomic E-state index is 5.91. The molecular weight excluding hydrogens is 145 g/mol. The molecule has 1 saturated heterocycles. The fourth-order valence-electron chi connectivity index (χ4n) is 1.62. The molecule has 1 heterocycles. The number of hydrogen-bond donors (Lipinski definition) is 0. The summed E-state index contributed by atoms with van der Waals surface area (Å²) >= 11 is 0. The summed E-state index contributed by atoms with van der Waals surface area (Å²) in [7, 11) is 5.91. The maximum atomic E-state index is 5.91. The highest BCUT2D eigenvalue weighted by Gasteiger charge is 2.19. The van der Waals surface area contributed by atoms with Gasteiger partial charge in [0, 0.05) is 6.04 Å². The molecular formula is C10H22BN. The van der Waals surface area contributed by atoms with E-state index in [-0.39, 0.29) is 0 Å². The van der Waals surface area contributed by atoms with Crippen LogP contribution in [0.4, 0.5) is 0 Å². The monoisotopic (exact) mass is 167 g/mol. The molecule has 0 N–H and O–H groups in total. The Hall–Kier alpha value is 0.0249. The van der Waals surface area contributed by atoms with Gasteiger partial charge in [-0.15, -0.1) is 0 Å². The fraction of sp³-hybridized carbons (Fsp3) is 1.00. The third kappa shape index (κ3) is 3.62. The van der Waals surface area contributed by atoms with Crippen molar-refractivity contribution in [3.63, 3.8) is 0 Å². The van der Waals surface area contributed by atoms with Crippen molar-refractivity contribution in [1.29, 1.82) is 0 Å². The molecule has 2 radical (unpaired) electrons. The van der Waals surface area contributed by atoms with Crippen LogP contribution < -0.4 is 0 Å². The second-order valence-electron chi connectivity index (χ2n) is 3.39. The van der Waals surface area contributed by atoms with E-state index in [1.54, 1.807) is 0 Å². The summed E-state index contributed by atoms with van der Waals surface area (Å²) in [5.74, 6) is 0.328. The van der Waals surface area contributed by atoms with Crippen molar-refractivity contribution >= 4 is 7.85 Å². The molecule has 1 nitrogen and oxygen atoms in total. The standard InChI is InChI=1S/C8H16BN.C2H6/c1-7(2)10-6-4-3-5-8(10)9;1-2/h7-8H,3-6H2,1-2H3;1-2H3. The Morgan fingerprint density at radius 2 is 1.83 bits per heavy atom. The van der Waals surface area contributed by atoms with E-state index in [0.717, 1.165) is 0 Å². The van der Waals surface area contributed by atoms with E-state index in [9.17, 15) is 0 Å². The molecule has 2 heteroatoms. The van der Waals surface area contributed by atoms with Crippen LogP contribution in [0.25, 0.3) is 0 Å². The average molecular weight is 167 g/mol. The van der Waals surface area contributed by atoms with E-state index in [0.29, 0.717) is 12.0 Å². The van der Waals surface area contributed by atoms with Gasteiger partial charge in [-0.25, -0.2) is 0 Å². The van der Waals surface area contributed by atoms with Gasteiger partial charge in [0.1, 0.15) is 0 Å². The minimum atomic E-state index is 0.328. The van der Waals surface area contributed by atoms with E-state index >= 15 is 0 Å². The van der Waals surface area contributed by atoms with Crippen molar-refractivity contribution in [3.8, 4) is 0 Å². The van der Waals surface area contributed by atoms with Crippen molar-refractivity contribution in [2.45, 2.75) is 58.9 Å². The zero-order chi connectivity index (χ0) is 9.56. The summed E-state index contributed by atoms with van der Waals surface area (Å²) in [5, 5.41) is 0. The molecule has 0 bridgehead atoms. The van der Waals surface area contributed by atoms with Gasteiger partial charge < -0.3 is 4.90 Å². The van der Waals surface area contributed by atoms with Crippen molar-refractivity contribution in [3.05, 3.63) is 0 Å². The largest absolute Gasteiger partial charge is 0.307 e. The highest BCUT2D eigenvalue weighted by molar-refractivity contribution is 6.11. The van der Waals surface area contributed by atoms with Crippen molar-refractivity contribution in [2.24, 2.45) is 0 Å². The molecule has 1 aliphatic rings. The van der Waals surface area contributed by atoms with Crippen molar-refractivity contribution in [1.82, 2.24) is 4.90 Å². The Kier molecular flexibility index (Phi) is 6.54. The third-order valence-electron chi connectivity index (χ3n) is 2.26. The minimum Gasteiger partial charge on any atom is -0.307 e. The quantitative estimate of drug-likeness (QED) is 0.542. The molecule has 1 atom stereocenters. The molecule has 1 rings (SSSR count). The van der Waals surface area contributed by atoms with Crippen LogP contribution in [0.1, 0.15) is 47.0 Å². The van der Waals surface area contributed by atoms with Crippen LogP contribution in [0, 0.1) is 0 Å². The molecule has 12 heavy (non-hydrogen) atoms. The van der Waals surface area contributed by atoms with E-state index in [4.69, 9.17) is 7.85 Å². The van der Waals surface area contributed by atoms with Crippen LogP contribution in [0.2, 0.25) is 0 Å². The number of hydrogen-bond acceptors (Lipinski definition) is 1. The van der Waals surface area contributed by atoms with Crippen LogP contribution in [0.15, 0.2) is 0 Å². The SMILES string of the molecule is CC.[B]C1CCCCN1C(C)C. The highest BCUT2D eigenvalue weighted by atomic mass is 15.2. The zero-order valence-electron chi connectivity index (χ0n) is 9.01. The second-order valence-corrected chi connectivity index (χ2v) is 3.39. The molecule has 0 spiro atoms. The summed E-state index contributed by atoms with van der Waals surface area (Å²) in [6.07, 6.45) is 3.81. The zero-order valence-corrected chi connectivity index (χ0v) is 9.01. The predicted octanol–water partition coefficient (Wildman–Crippen LogP) is 2.40. The summed E-state index contributed by atoms with van der Waals surface area (Å²) in [5.41, 5.74) is 0.